The third-order valence-electron chi connectivity index (χ3n) is 3.00. The number of carbonyl (C=O) groups excluding carboxylic acids is 1. The van der Waals surface area contributed by atoms with E-state index in [4.69, 9.17) is 0 Å². The van der Waals surface area contributed by atoms with E-state index in [9.17, 15) is 4.79 Å². The Morgan fingerprint density at radius 2 is 2.00 bits per heavy atom. The quantitative estimate of drug-likeness (QED) is 0.634. The summed E-state index contributed by atoms with van der Waals surface area (Å²) in [5, 5.41) is 0. The van der Waals surface area contributed by atoms with E-state index in [1.807, 2.05) is 11.8 Å². The first-order valence-corrected chi connectivity index (χ1v) is 4.94. The molecule has 1 fully saturated rings. The van der Waals surface area contributed by atoms with Crippen molar-refractivity contribution in [2.24, 2.45) is 0 Å². The molecular weight excluding hydrogens is 150 g/mol. The van der Waals surface area contributed by atoms with Crippen LogP contribution in [-0.4, -0.2) is 22.9 Å². The van der Waals surface area contributed by atoms with E-state index in [-0.39, 0.29) is 5.54 Å². The first kappa shape index (κ1) is 9.56. The standard InChI is InChI=1S/C10H19NO/c1-4-9(12)11(5-2)10(3)7-6-8-10/h4-8H2,1-3H3. The second-order valence-corrected chi connectivity index (χ2v) is 3.84. The molecule has 1 rings (SSSR count). The molecule has 2 heteroatoms. The fraction of sp³-hybridized carbons (Fsp3) is 0.900. The molecule has 1 amide bonds. The van der Waals surface area contributed by atoms with Gasteiger partial charge in [-0.05, 0) is 33.1 Å². The van der Waals surface area contributed by atoms with Crippen LogP contribution in [0.4, 0.5) is 0 Å². The summed E-state index contributed by atoms with van der Waals surface area (Å²) < 4.78 is 0. The maximum atomic E-state index is 11.5. The zero-order chi connectivity index (χ0) is 9.19. The van der Waals surface area contributed by atoms with Crippen LogP contribution in [0.15, 0.2) is 0 Å². The van der Waals surface area contributed by atoms with Crippen LogP contribution in [0, 0.1) is 0 Å². The van der Waals surface area contributed by atoms with Gasteiger partial charge in [0, 0.05) is 18.5 Å². The van der Waals surface area contributed by atoms with Crippen molar-refractivity contribution in [2.45, 2.75) is 52.0 Å². The molecule has 0 aliphatic heterocycles. The summed E-state index contributed by atoms with van der Waals surface area (Å²) in [7, 11) is 0. The molecule has 0 heterocycles. The predicted octanol–water partition coefficient (Wildman–Crippen LogP) is 2.19. The fourth-order valence-electron chi connectivity index (χ4n) is 2.01. The molecule has 12 heavy (non-hydrogen) atoms. The molecule has 0 spiro atoms. The van der Waals surface area contributed by atoms with E-state index >= 15 is 0 Å². The lowest BCUT2D eigenvalue weighted by molar-refractivity contribution is -0.139. The van der Waals surface area contributed by atoms with Gasteiger partial charge in [0.15, 0.2) is 0 Å². The Labute approximate surface area is 74.9 Å². The lowest BCUT2D eigenvalue weighted by atomic mass is 9.77. The molecule has 0 aromatic rings. The third-order valence-corrected chi connectivity index (χ3v) is 3.00. The highest BCUT2D eigenvalue weighted by Crippen LogP contribution is 2.37. The summed E-state index contributed by atoms with van der Waals surface area (Å²) in [5.74, 6) is 0.305. The Balaban J connectivity index is 2.60. The summed E-state index contributed by atoms with van der Waals surface area (Å²) in [6.45, 7) is 7.07. The number of hydrogen-bond donors (Lipinski definition) is 0. The molecule has 2 nitrogen and oxygen atoms in total. The highest BCUT2D eigenvalue weighted by atomic mass is 16.2. The van der Waals surface area contributed by atoms with E-state index in [2.05, 4.69) is 13.8 Å². The molecule has 0 atom stereocenters. The number of amides is 1. The molecule has 0 saturated heterocycles. The minimum atomic E-state index is 0.196. The maximum absolute atomic E-state index is 11.5. The minimum absolute atomic E-state index is 0.196. The predicted molar refractivity (Wildman–Crippen MR) is 49.9 cm³/mol. The number of carbonyl (C=O) groups is 1. The topological polar surface area (TPSA) is 20.3 Å². The van der Waals surface area contributed by atoms with Crippen molar-refractivity contribution >= 4 is 5.91 Å². The summed E-state index contributed by atoms with van der Waals surface area (Å²) in [6.07, 6.45) is 4.30. The first-order chi connectivity index (χ1) is 5.64. The van der Waals surface area contributed by atoms with Gasteiger partial charge < -0.3 is 4.90 Å². The van der Waals surface area contributed by atoms with Gasteiger partial charge in [0.25, 0.3) is 0 Å². The van der Waals surface area contributed by atoms with Gasteiger partial charge in [-0.25, -0.2) is 0 Å². The lowest BCUT2D eigenvalue weighted by Gasteiger charge is -2.47. The van der Waals surface area contributed by atoms with Gasteiger partial charge in [-0.3, -0.25) is 4.79 Å². The van der Waals surface area contributed by atoms with Crippen LogP contribution in [0.1, 0.15) is 46.5 Å². The van der Waals surface area contributed by atoms with E-state index in [1.165, 1.54) is 19.3 Å². The van der Waals surface area contributed by atoms with Crippen molar-refractivity contribution in [1.29, 1.82) is 0 Å². The number of nitrogens with zero attached hydrogens (tertiary/aromatic N) is 1. The lowest BCUT2D eigenvalue weighted by Crippen LogP contribution is -2.53. The molecule has 0 aromatic carbocycles. The summed E-state index contributed by atoms with van der Waals surface area (Å²) in [6, 6.07) is 0. The van der Waals surface area contributed by atoms with Gasteiger partial charge in [-0.15, -0.1) is 0 Å². The summed E-state index contributed by atoms with van der Waals surface area (Å²) >= 11 is 0. The van der Waals surface area contributed by atoms with Crippen LogP contribution in [0.2, 0.25) is 0 Å². The van der Waals surface area contributed by atoms with Crippen LogP contribution >= 0.6 is 0 Å². The third kappa shape index (κ3) is 1.47. The zero-order valence-corrected chi connectivity index (χ0v) is 8.39. The second kappa shape index (κ2) is 3.46. The number of rotatable bonds is 3. The van der Waals surface area contributed by atoms with Crippen LogP contribution in [0.3, 0.4) is 0 Å². The van der Waals surface area contributed by atoms with Crippen molar-refractivity contribution in [3.05, 3.63) is 0 Å². The Hall–Kier alpha value is -0.530. The van der Waals surface area contributed by atoms with Gasteiger partial charge in [0.05, 0.1) is 0 Å². The molecule has 0 aromatic heterocycles. The highest BCUT2D eigenvalue weighted by Gasteiger charge is 2.38. The normalized spacial score (nSPS) is 19.9. The molecule has 1 aliphatic carbocycles. The van der Waals surface area contributed by atoms with Crippen molar-refractivity contribution in [1.82, 2.24) is 4.90 Å². The fourth-order valence-corrected chi connectivity index (χ4v) is 2.01. The van der Waals surface area contributed by atoms with E-state index in [0.29, 0.717) is 12.3 Å². The van der Waals surface area contributed by atoms with Gasteiger partial charge >= 0.3 is 0 Å². The molecule has 1 aliphatic rings. The maximum Gasteiger partial charge on any atom is 0.222 e. The largest absolute Gasteiger partial charge is 0.338 e. The Morgan fingerprint density at radius 3 is 2.25 bits per heavy atom. The monoisotopic (exact) mass is 169 g/mol. The van der Waals surface area contributed by atoms with E-state index < -0.39 is 0 Å². The minimum Gasteiger partial charge on any atom is -0.338 e. The molecule has 0 bridgehead atoms. The molecule has 0 radical (unpaired) electrons. The molecular formula is C10H19NO. The van der Waals surface area contributed by atoms with Crippen LogP contribution in [0.25, 0.3) is 0 Å². The molecule has 0 N–H and O–H groups in total. The smallest absolute Gasteiger partial charge is 0.222 e. The Kier molecular flexibility index (Phi) is 2.76. The zero-order valence-electron chi connectivity index (χ0n) is 8.39. The van der Waals surface area contributed by atoms with Gasteiger partial charge in [-0.1, -0.05) is 6.92 Å². The average molecular weight is 169 g/mol. The van der Waals surface area contributed by atoms with Crippen LogP contribution in [0.5, 0.6) is 0 Å². The van der Waals surface area contributed by atoms with Crippen LogP contribution in [-0.2, 0) is 4.79 Å². The van der Waals surface area contributed by atoms with E-state index in [0.717, 1.165) is 6.54 Å². The Bertz CT molecular complexity index is 173. The highest BCUT2D eigenvalue weighted by molar-refractivity contribution is 5.76. The van der Waals surface area contributed by atoms with Crippen molar-refractivity contribution in [3.63, 3.8) is 0 Å². The van der Waals surface area contributed by atoms with Gasteiger partial charge in [0.1, 0.15) is 0 Å². The van der Waals surface area contributed by atoms with Gasteiger partial charge in [-0.2, -0.15) is 0 Å². The van der Waals surface area contributed by atoms with Crippen molar-refractivity contribution < 1.29 is 4.79 Å². The second-order valence-electron chi connectivity index (χ2n) is 3.84. The Morgan fingerprint density at radius 1 is 1.42 bits per heavy atom. The number of hydrogen-bond acceptors (Lipinski definition) is 1. The van der Waals surface area contributed by atoms with E-state index in [1.54, 1.807) is 0 Å². The van der Waals surface area contributed by atoms with Crippen molar-refractivity contribution in [3.8, 4) is 0 Å². The molecule has 70 valence electrons. The summed E-state index contributed by atoms with van der Waals surface area (Å²) in [4.78, 5) is 13.5. The molecule has 0 unspecified atom stereocenters. The SMILES string of the molecule is CCC(=O)N(CC)C1(C)CCC1. The average Bonchev–Trinajstić information content (AvgIpc) is 2.02. The summed E-state index contributed by atoms with van der Waals surface area (Å²) in [5.41, 5.74) is 0.196. The first-order valence-electron chi connectivity index (χ1n) is 4.94. The van der Waals surface area contributed by atoms with Gasteiger partial charge in [0.2, 0.25) is 5.91 Å². The molecule has 1 saturated carbocycles. The van der Waals surface area contributed by atoms with Crippen LogP contribution < -0.4 is 0 Å². The van der Waals surface area contributed by atoms with Crippen molar-refractivity contribution in [2.75, 3.05) is 6.54 Å².